The molecule has 2 aliphatic rings. The molecule has 3 unspecified atom stereocenters. The Bertz CT molecular complexity index is 703. The normalized spacial score (nSPS) is 29.0. The minimum Gasteiger partial charge on any atom is -0.481 e. The summed E-state index contributed by atoms with van der Waals surface area (Å²) in [7, 11) is -3.67. The van der Waals surface area contributed by atoms with E-state index in [9.17, 15) is 18.3 Å². The van der Waals surface area contributed by atoms with Crippen molar-refractivity contribution in [2.75, 3.05) is 0 Å². The molecule has 0 aliphatic carbocycles. The van der Waals surface area contributed by atoms with E-state index < -0.39 is 28.0 Å². The van der Waals surface area contributed by atoms with Gasteiger partial charge in [-0.05, 0) is 59.8 Å². The van der Waals surface area contributed by atoms with E-state index in [2.05, 4.69) is 15.9 Å². The summed E-state index contributed by atoms with van der Waals surface area (Å²) in [6, 6.07) is 4.59. The second kappa shape index (κ2) is 5.07. The number of hydrogen-bond donors (Lipinski definition) is 1. The van der Waals surface area contributed by atoms with Gasteiger partial charge >= 0.3 is 5.97 Å². The Morgan fingerprint density at radius 3 is 2.71 bits per heavy atom. The largest absolute Gasteiger partial charge is 0.481 e. The topological polar surface area (TPSA) is 74.7 Å². The predicted octanol–water partition coefficient (Wildman–Crippen LogP) is 2.38. The van der Waals surface area contributed by atoms with E-state index in [-0.39, 0.29) is 10.9 Å². The smallest absolute Gasteiger partial charge is 0.308 e. The average molecular weight is 374 g/mol. The summed E-state index contributed by atoms with van der Waals surface area (Å²) in [6.45, 7) is 1.84. The van der Waals surface area contributed by atoms with Crippen LogP contribution in [0.3, 0.4) is 0 Å². The molecule has 1 aromatic carbocycles. The number of rotatable bonds is 3. The molecule has 2 aliphatic heterocycles. The molecule has 0 spiro atoms. The standard InChI is InChI=1S/C14H16BrNO4S/c1-8-2-4-11(15)13(6-8)21(19,20)16-9-3-5-12(16)10(7-9)14(17)18/h2,4,6,9-10,12H,3,5,7H2,1H3,(H,17,18). The monoisotopic (exact) mass is 373 g/mol. The van der Waals surface area contributed by atoms with Gasteiger partial charge in [-0.25, -0.2) is 8.42 Å². The SMILES string of the molecule is Cc1ccc(Br)c(S(=O)(=O)N2C3CCC2C(C(=O)O)C3)c1. The van der Waals surface area contributed by atoms with Crippen LogP contribution in [0.1, 0.15) is 24.8 Å². The van der Waals surface area contributed by atoms with Gasteiger partial charge in [-0.1, -0.05) is 6.07 Å². The van der Waals surface area contributed by atoms with Crippen LogP contribution in [0.15, 0.2) is 27.6 Å². The lowest BCUT2D eigenvalue weighted by atomic mass is 9.89. The van der Waals surface area contributed by atoms with E-state index in [4.69, 9.17) is 0 Å². The molecule has 21 heavy (non-hydrogen) atoms. The van der Waals surface area contributed by atoms with Gasteiger partial charge in [-0.15, -0.1) is 0 Å². The van der Waals surface area contributed by atoms with Gasteiger partial charge in [0.1, 0.15) is 0 Å². The summed E-state index contributed by atoms with van der Waals surface area (Å²) in [5.41, 5.74) is 0.859. The van der Waals surface area contributed by atoms with Crippen LogP contribution in [-0.2, 0) is 14.8 Å². The van der Waals surface area contributed by atoms with Gasteiger partial charge < -0.3 is 5.11 Å². The van der Waals surface area contributed by atoms with Crippen molar-refractivity contribution < 1.29 is 18.3 Å². The molecular formula is C14H16BrNO4S. The van der Waals surface area contributed by atoms with Crippen molar-refractivity contribution in [2.45, 2.75) is 43.2 Å². The first-order valence-corrected chi connectivity index (χ1v) is 9.08. The van der Waals surface area contributed by atoms with Gasteiger partial charge in [0.25, 0.3) is 0 Å². The van der Waals surface area contributed by atoms with Crippen LogP contribution in [-0.4, -0.2) is 35.9 Å². The van der Waals surface area contributed by atoms with Crippen LogP contribution < -0.4 is 0 Å². The van der Waals surface area contributed by atoms with Gasteiger partial charge in [0.15, 0.2) is 0 Å². The van der Waals surface area contributed by atoms with Crippen molar-refractivity contribution in [1.29, 1.82) is 0 Å². The highest BCUT2D eigenvalue weighted by molar-refractivity contribution is 9.10. The Morgan fingerprint density at radius 1 is 1.38 bits per heavy atom. The van der Waals surface area contributed by atoms with E-state index in [0.717, 1.165) is 12.0 Å². The summed E-state index contributed by atoms with van der Waals surface area (Å²) < 4.78 is 27.8. The number of fused-ring (bicyclic) bond motifs is 2. The number of aryl methyl sites for hydroxylation is 1. The first kappa shape index (κ1) is 15.0. The van der Waals surface area contributed by atoms with Crippen molar-refractivity contribution in [3.05, 3.63) is 28.2 Å². The van der Waals surface area contributed by atoms with Gasteiger partial charge in [0.2, 0.25) is 10.0 Å². The first-order valence-electron chi connectivity index (χ1n) is 6.85. The van der Waals surface area contributed by atoms with E-state index in [0.29, 0.717) is 17.3 Å². The van der Waals surface area contributed by atoms with Crippen molar-refractivity contribution in [2.24, 2.45) is 5.92 Å². The van der Waals surface area contributed by atoms with Gasteiger partial charge in [0, 0.05) is 16.6 Å². The molecular weight excluding hydrogens is 358 g/mol. The van der Waals surface area contributed by atoms with Crippen molar-refractivity contribution in [1.82, 2.24) is 4.31 Å². The number of carboxylic acids is 1. The maximum atomic E-state index is 12.9. The molecule has 0 amide bonds. The number of halogens is 1. The third-order valence-corrected chi connectivity index (χ3v) is 7.40. The summed E-state index contributed by atoms with van der Waals surface area (Å²) in [5, 5.41) is 9.26. The number of carbonyl (C=O) groups is 1. The van der Waals surface area contributed by atoms with Crippen molar-refractivity contribution in [3.8, 4) is 0 Å². The summed E-state index contributed by atoms with van der Waals surface area (Å²) >= 11 is 3.30. The molecule has 3 atom stereocenters. The molecule has 2 fully saturated rings. The third kappa shape index (κ3) is 2.31. The number of benzene rings is 1. The van der Waals surface area contributed by atoms with E-state index in [1.54, 1.807) is 12.1 Å². The second-order valence-corrected chi connectivity index (χ2v) is 8.41. The number of aliphatic carboxylic acids is 1. The van der Waals surface area contributed by atoms with Crippen LogP contribution in [0.4, 0.5) is 0 Å². The Kier molecular flexibility index (Phi) is 3.62. The lowest BCUT2D eigenvalue weighted by Gasteiger charge is -2.23. The van der Waals surface area contributed by atoms with Crippen molar-refractivity contribution in [3.63, 3.8) is 0 Å². The zero-order valence-electron chi connectivity index (χ0n) is 11.5. The van der Waals surface area contributed by atoms with Gasteiger partial charge in [-0.3, -0.25) is 4.79 Å². The van der Waals surface area contributed by atoms with E-state index in [1.807, 2.05) is 13.0 Å². The highest BCUT2D eigenvalue weighted by Crippen LogP contribution is 2.45. The number of hydrogen-bond acceptors (Lipinski definition) is 3. The molecule has 1 N–H and O–H groups in total. The van der Waals surface area contributed by atoms with Crippen LogP contribution >= 0.6 is 15.9 Å². The first-order chi connectivity index (χ1) is 9.82. The number of carboxylic acid groups (broad SMARTS) is 1. The predicted molar refractivity (Wildman–Crippen MR) is 80.5 cm³/mol. The zero-order valence-corrected chi connectivity index (χ0v) is 13.9. The quantitative estimate of drug-likeness (QED) is 0.882. The molecule has 3 rings (SSSR count). The molecule has 0 radical (unpaired) electrons. The third-order valence-electron chi connectivity index (χ3n) is 4.43. The fraction of sp³-hybridized carbons (Fsp3) is 0.500. The summed E-state index contributed by atoms with van der Waals surface area (Å²) in [6.07, 6.45) is 1.80. The molecule has 7 heteroatoms. The van der Waals surface area contributed by atoms with E-state index in [1.165, 1.54) is 4.31 Å². The molecule has 0 aromatic heterocycles. The molecule has 2 heterocycles. The van der Waals surface area contributed by atoms with Crippen LogP contribution in [0.5, 0.6) is 0 Å². The molecule has 114 valence electrons. The van der Waals surface area contributed by atoms with Crippen molar-refractivity contribution >= 4 is 31.9 Å². The maximum Gasteiger partial charge on any atom is 0.308 e. The van der Waals surface area contributed by atoms with Gasteiger partial charge in [0.05, 0.1) is 10.8 Å². The molecule has 2 bridgehead atoms. The molecule has 0 saturated carbocycles. The average Bonchev–Trinajstić information content (AvgIpc) is 2.99. The maximum absolute atomic E-state index is 12.9. The fourth-order valence-electron chi connectivity index (χ4n) is 3.50. The van der Waals surface area contributed by atoms with E-state index >= 15 is 0 Å². The lowest BCUT2D eigenvalue weighted by molar-refractivity contribution is -0.142. The molecule has 1 aromatic rings. The molecule has 2 saturated heterocycles. The van der Waals surface area contributed by atoms with Crippen LogP contribution in [0, 0.1) is 12.8 Å². The Balaban J connectivity index is 2.04. The lowest BCUT2D eigenvalue weighted by Crippen LogP contribution is -2.38. The Morgan fingerprint density at radius 2 is 2.10 bits per heavy atom. The summed E-state index contributed by atoms with van der Waals surface area (Å²) in [4.78, 5) is 11.5. The number of nitrogens with zero attached hydrogens (tertiary/aromatic N) is 1. The van der Waals surface area contributed by atoms with Gasteiger partial charge in [-0.2, -0.15) is 4.31 Å². The highest BCUT2D eigenvalue weighted by Gasteiger charge is 2.54. The fourth-order valence-corrected chi connectivity index (χ4v) is 6.43. The highest BCUT2D eigenvalue weighted by atomic mass is 79.9. The van der Waals surface area contributed by atoms with Crippen LogP contribution in [0.25, 0.3) is 0 Å². The minimum absolute atomic E-state index is 0.187. The minimum atomic E-state index is -3.67. The summed E-state index contributed by atoms with van der Waals surface area (Å²) in [5.74, 6) is -1.48. The Labute approximate surface area is 132 Å². The number of sulfonamides is 1. The van der Waals surface area contributed by atoms with Crippen LogP contribution in [0.2, 0.25) is 0 Å². The molecule has 5 nitrogen and oxygen atoms in total. The zero-order chi connectivity index (χ0) is 15.4. The second-order valence-electron chi connectivity index (χ2n) is 5.75. The Hall–Kier alpha value is -0.920.